The average molecular weight is 278 g/mol. The molecule has 0 aromatic heterocycles. The van der Waals surface area contributed by atoms with Crippen LogP contribution in [0.1, 0.15) is 45.1 Å². The van der Waals surface area contributed by atoms with Crippen molar-refractivity contribution in [3.63, 3.8) is 0 Å². The molecule has 0 aliphatic rings. The maximum absolute atomic E-state index is 6.87. The molecule has 0 saturated carbocycles. The van der Waals surface area contributed by atoms with E-state index in [4.69, 9.17) is 10.5 Å². The summed E-state index contributed by atoms with van der Waals surface area (Å²) in [5.41, 5.74) is 7.77. The van der Waals surface area contributed by atoms with Gasteiger partial charge < -0.3 is 15.4 Å². The number of nitrogens with two attached hydrogens (primary N) is 1. The van der Waals surface area contributed by atoms with E-state index in [-0.39, 0.29) is 5.54 Å². The Morgan fingerprint density at radius 3 is 2.15 bits per heavy atom. The summed E-state index contributed by atoms with van der Waals surface area (Å²) in [5.74, 6) is 0.879. The lowest BCUT2D eigenvalue weighted by Gasteiger charge is -2.42. The van der Waals surface area contributed by atoms with Gasteiger partial charge in [-0.15, -0.1) is 0 Å². The minimum absolute atomic E-state index is 0.305. The summed E-state index contributed by atoms with van der Waals surface area (Å²) >= 11 is 0. The maximum atomic E-state index is 6.87. The molecule has 1 aromatic rings. The van der Waals surface area contributed by atoms with Crippen molar-refractivity contribution in [2.75, 3.05) is 21.2 Å². The smallest absolute Gasteiger partial charge is 0.118 e. The molecule has 0 aliphatic carbocycles. The van der Waals surface area contributed by atoms with Crippen molar-refractivity contribution in [1.82, 2.24) is 4.90 Å². The minimum Gasteiger partial charge on any atom is -0.497 e. The lowest BCUT2D eigenvalue weighted by Crippen LogP contribution is -2.54. The highest BCUT2D eigenvalue weighted by molar-refractivity contribution is 5.33. The van der Waals surface area contributed by atoms with Gasteiger partial charge in [-0.1, -0.05) is 38.8 Å². The number of methoxy groups -OCH3 is 1. The lowest BCUT2D eigenvalue weighted by molar-refractivity contribution is 0.153. The second-order valence-electron chi connectivity index (χ2n) is 5.79. The average Bonchev–Trinajstić information content (AvgIpc) is 2.44. The van der Waals surface area contributed by atoms with Crippen molar-refractivity contribution in [3.05, 3.63) is 29.8 Å². The maximum Gasteiger partial charge on any atom is 0.118 e. The third kappa shape index (κ3) is 3.74. The summed E-state index contributed by atoms with van der Waals surface area (Å²) in [6, 6.07) is 8.58. The Kier molecular flexibility index (Phi) is 6.50. The van der Waals surface area contributed by atoms with E-state index < -0.39 is 0 Å². The van der Waals surface area contributed by atoms with Crippen LogP contribution in [0.2, 0.25) is 0 Å². The number of hydrogen-bond donors (Lipinski definition) is 1. The molecule has 0 aliphatic heterocycles. The van der Waals surface area contributed by atoms with Gasteiger partial charge in [0.2, 0.25) is 0 Å². The monoisotopic (exact) mass is 278 g/mol. The molecule has 114 valence electrons. The first-order chi connectivity index (χ1) is 9.49. The van der Waals surface area contributed by atoms with Crippen molar-refractivity contribution in [2.24, 2.45) is 5.73 Å². The predicted octanol–water partition coefficient (Wildman–Crippen LogP) is 3.38. The first-order valence-electron chi connectivity index (χ1n) is 7.59. The zero-order valence-corrected chi connectivity index (χ0v) is 13.6. The topological polar surface area (TPSA) is 38.5 Å². The highest BCUT2D eigenvalue weighted by atomic mass is 16.5. The highest BCUT2D eigenvalue weighted by Gasteiger charge is 2.36. The molecule has 20 heavy (non-hydrogen) atoms. The Labute approximate surface area is 124 Å². The van der Waals surface area contributed by atoms with Crippen LogP contribution in [0, 0.1) is 0 Å². The van der Waals surface area contributed by atoms with Gasteiger partial charge in [-0.05, 0) is 44.6 Å². The van der Waals surface area contributed by atoms with Gasteiger partial charge >= 0.3 is 0 Å². The molecule has 0 bridgehead atoms. The molecule has 0 fully saturated rings. The van der Waals surface area contributed by atoms with Crippen molar-refractivity contribution in [3.8, 4) is 5.75 Å². The van der Waals surface area contributed by atoms with Gasteiger partial charge in [0.15, 0.2) is 0 Å². The standard InChI is InChI=1S/C17H30N2O/c1-6-8-16(19(3)4)17(18,13-7-2)14-9-11-15(20-5)12-10-14/h9-12,16H,6-8,13,18H2,1-5H3. The Morgan fingerprint density at radius 1 is 1.15 bits per heavy atom. The van der Waals surface area contributed by atoms with Gasteiger partial charge in [-0.3, -0.25) is 0 Å². The fraction of sp³-hybridized carbons (Fsp3) is 0.647. The molecule has 2 unspecified atom stereocenters. The largest absolute Gasteiger partial charge is 0.497 e. The molecule has 1 rings (SSSR count). The molecule has 0 spiro atoms. The van der Waals surface area contributed by atoms with E-state index >= 15 is 0 Å². The van der Waals surface area contributed by atoms with Crippen LogP contribution in [-0.2, 0) is 5.54 Å². The van der Waals surface area contributed by atoms with Crippen molar-refractivity contribution in [2.45, 2.75) is 51.1 Å². The Balaban J connectivity index is 3.15. The van der Waals surface area contributed by atoms with Crippen LogP contribution in [0.15, 0.2) is 24.3 Å². The first kappa shape index (κ1) is 17.0. The fourth-order valence-electron chi connectivity index (χ4n) is 3.07. The minimum atomic E-state index is -0.305. The molecular formula is C17H30N2O. The fourth-order valence-corrected chi connectivity index (χ4v) is 3.07. The zero-order chi connectivity index (χ0) is 15.2. The van der Waals surface area contributed by atoms with E-state index in [1.54, 1.807) is 7.11 Å². The number of ether oxygens (including phenoxy) is 1. The van der Waals surface area contributed by atoms with Gasteiger partial charge in [0.1, 0.15) is 5.75 Å². The highest BCUT2D eigenvalue weighted by Crippen LogP contribution is 2.33. The Morgan fingerprint density at radius 2 is 1.75 bits per heavy atom. The van der Waals surface area contributed by atoms with Crippen LogP contribution < -0.4 is 10.5 Å². The predicted molar refractivity (Wildman–Crippen MR) is 86.2 cm³/mol. The number of benzene rings is 1. The van der Waals surface area contributed by atoms with E-state index in [9.17, 15) is 0 Å². The Bertz CT molecular complexity index is 388. The van der Waals surface area contributed by atoms with E-state index in [0.717, 1.165) is 31.4 Å². The molecule has 0 radical (unpaired) electrons. The van der Waals surface area contributed by atoms with Crippen LogP contribution >= 0.6 is 0 Å². The van der Waals surface area contributed by atoms with Gasteiger partial charge in [0, 0.05) is 6.04 Å². The van der Waals surface area contributed by atoms with Gasteiger partial charge in [0.25, 0.3) is 0 Å². The second-order valence-corrected chi connectivity index (χ2v) is 5.79. The number of rotatable bonds is 8. The molecule has 0 saturated heterocycles. The van der Waals surface area contributed by atoms with E-state index in [2.05, 4.69) is 45.0 Å². The third-order valence-corrected chi connectivity index (χ3v) is 4.07. The second kappa shape index (κ2) is 7.65. The molecule has 0 amide bonds. The summed E-state index contributed by atoms with van der Waals surface area (Å²) in [5, 5.41) is 0. The van der Waals surface area contributed by atoms with Crippen LogP contribution in [0.4, 0.5) is 0 Å². The van der Waals surface area contributed by atoms with E-state index in [1.807, 2.05) is 12.1 Å². The number of likely N-dealkylation sites (N-methyl/N-ethyl adjacent to an activating group) is 1. The summed E-state index contributed by atoms with van der Waals surface area (Å²) in [6.45, 7) is 4.42. The molecule has 3 nitrogen and oxygen atoms in total. The van der Waals surface area contributed by atoms with E-state index in [1.165, 1.54) is 5.56 Å². The summed E-state index contributed by atoms with van der Waals surface area (Å²) in [6.07, 6.45) is 4.32. The van der Waals surface area contributed by atoms with Crippen LogP contribution in [0.5, 0.6) is 5.75 Å². The summed E-state index contributed by atoms with van der Waals surface area (Å²) in [7, 11) is 5.94. The Hall–Kier alpha value is -1.06. The molecule has 2 N–H and O–H groups in total. The normalized spacial score (nSPS) is 15.9. The lowest BCUT2D eigenvalue weighted by atomic mass is 9.77. The first-order valence-corrected chi connectivity index (χ1v) is 7.59. The van der Waals surface area contributed by atoms with Crippen molar-refractivity contribution in [1.29, 1.82) is 0 Å². The van der Waals surface area contributed by atoms with Gasteiger partial charge in [-0.2, -0.15) is 0 Å². The zero-order valence-electron chi connectivity index (χ0n) is 13.6. The molecule has 0 heterocycles. The number of nitrogens with zero attached hydrogens (tertiary/aromatic N) is 1. The van der Waals surface area contributed by atoms with Crippen LogP contribution in [0.25, 0.3) is 0 Å². The van der Waals surface area contributed by atoms with Gasteiger partial charge in [0.05, 0.1) is 12.6 Å². The SMILES string of the molecule is CCCC(N(C)C)C(N)(CCC)c1ccc(OC)cc1. The third-order valence-electron chi connectivity index (χ3n) is 4.07. The van der Waals surface area contributed by atoms with Crippen LogP contribution in [0.3, 0.4) is 0 Å². The molecular weight excluding hydrogens is 248 g/mol. The van der Waals surface area contributed by atoms with Crippen molar-refractivity contribution >= 4 is 0 Å². The molecule has 2 atom stereocenters. The van der Waals surface area contributed by atoms with E-state index in [0.29, 0.717) is 6.04 Å². The quantitative estimate of drug-likeness (QED) is 0.792. The molecule has 1 aromatic carbocycles. The van der Waals surface area contributed by atoms with Crippen LogP contribution in [-0.4, -0.2) is 32.1 Å². The summed E-state index contributed by atoms with van der Waals surface area (Å²) < 4.78 is 5.25. The van der Waals surface area contributed by atoms with Gasteiger partial charge in [-0.25, -0.2) is 0 Å². The van der Waals surface area contributed by atoms with Crippen molar-refractivity contribution < 1.29 is 4.74 Å². The molecule has 3 heteroatoms. The summed E-state index contributed by atoms with van der Waals surface area (Å²) in [4.78, 5) is 2.27. The number of hydrogen-bond acceptors (Lipinski definition) is 3.